The molecule has 6 aromatic carbocycles. The molecule has 4 heteroatoms. The second-order valence-corrected chi connectivity index (χ2v) is 34.6. The molecule has 0 spiro atoms. The normalized spacial score (nSPS) is 15.4. The molecule has 60 heavy (non-hydrogen) atoms. The van der Waals surface area contributed by atoms with Crippen LogP contribution in [0.3, 0.4) is 0 Å². The van der Waals surface area contributed by atoms with Crippen molar-refractivity contribution in [3.8, 4) is 44.5 Å². The van der Waals surface area contributed by atoms with Gasteiger partial charge in [0.15, 0.2) is 0 Å². The topological polar surface area (TPSA) is 26.3 Å². The molecule has 0 aliphatic heterocycles. The molecule has 10 rings (SSSR count). The van der Waals surface area contributed by atoms with Crippen molar-refractivity contribution in [3.05, 3.63) is 214 Å². The Labute approximate surface area is 362 Å². The molecule has 2 unspecified atom stereocenters. The van der Waals surface area contributed by atoms with Crippen LogP contribution < -0.4 is 0 Å². The Hall–Kier alpha value is -5.54. The summed E-state index contributed by atoms with van der Waals surface area (Å²) in [6.07, 6.45) is 5.03. The third-order valence-corrected chi connectivity index (χ3v) is 31.8. The molecule has 2 aromatic heterocycles. The molecule has 292 valence electrons. The van der Waals surface area contributed by atoms with Crippen molar-refractivity contribution in [2.24, 2.45) is 0 Å². The molecule has 0 radical (unpaired) electrons. The molecule has 2 heterocycles. The molecule has 2 nitrogen and oxygen atoms in total. The van der Waals surface area contributed by atoms with E-state index in [9.17, 15) is 0 Å². The standard InChI is InChI=1S/2C27H21O.C2H6Si.Zr/c2*1-18-8-10-23-16-24(26-15-9-19(2)28-26)17-25(23)27(18)22-13-11-21(12-14-22)20-6-4-3-5-7-20;1-3-2;/h2*3-17H,1-2H3;1-2H3;. The van der Waals surface area contributed by atoms with Gasteiger partial charge in [-0.3, -0.25) is 0 Å². The summed E-state index contributed by atoms with van der Waals surface area (Å²) in [5.41, 5.74) is 20.3. The van der Waals surface area contributed by atoms with E-state index in [2.05, 4.69) is 211 Å². The van der Waals surface area contributed by atoms with E-state index in [4.69, 9.17) is 8.83 Å². The fraction of sp³-hybridized carbons (Fsp3) is 0.143. The molecule has 0 saturated heterocycles. The average molecular weight is 872 g/mol. The van der Waals surface area contributed by atoms with E-state index >= 15 is 0 Å². The van der Waals surface area contributed by atoms with Crippen LogP contribution in [0.25, 0.3) is 67.8 Å². The minimum absolute atomic E-state index is 0.310. The Bertz CT molecular complexity index is 2810. The van der Waals surface area contributed by atoms with Crippen molar-refractivity contribution in [3.63, 3.8) is 0 Å². The summed E-state index contributed by atoms with van der Waals surface area (Å²) in [5.74, 6) is 3.93. The summed E-state index contributed by atoms with van der Waals surface area (Å²) in [6.45, 7) is 13.9. The Morgan fingerprint density at radius 1 is 0.400 bits per heavy atom. The predicted molar refractivity (Wildman–Crippen MR) is 250 cm³/mol. The molecule has 0 saturated carbocycles. The maximum atomic E-state index is 6.62. The second kappa shape index (κ2) is 15.8. The molecule has 0 N–H and O–H groups in total. The van der Waals surface area contributed by atoms with Crippen LogP contribution in [0.2, 0.25) is 13.1 Å². The second-order valence-electron chi connectivity index (χ2n) is 16.7. The van der Waals surface area contributed by atoms with Crippen molar-refractivity contribution in [1.82, 2.24) is 0 Å². The van der Waals surface area contributed by atoms with Crippen LogP contribution in [0.15, 0.2) is 167 Å². The summed E-state index contributed by atoms with van der Waals surface area (Å²) >= 11 is -2.72. The first kappa shape index (κ1) is 38.6. The molecule has 2 aliphatic rings. The van der Waals surface area contributed by atoms with Gasteiger partial charge >= 0.3 is 365 Å². The van der Waals surface area contributed by atoms with E-state index in [1.165, 1.54) is 89.0 Å². The predicted octanol–water partition coefficient (Wildman–Crippen LogP) is 15.5. The van der Waals surface area contributed by atoms with Gasteiger partial charge in [-0.25, -0.2) is 0 Å². The van der Waals surface area contributed by atoms with Crippen LogP contribution in [-0.2, 0) is 20.4 Å². The van der Waals surface area contributed by atoms with Crippen LogP contribution in [0.5, 0.6) is 0 Å². The number of fused-ring (bicyclic) bond motifs is 2. The third kappa shape index (κ3) is 6.85. The van der Waals surface area contributed by atoms with Gasteiger partial charge in [0.2, 0.25) is 0 Å². The van der Waals surface area contributed by atoms with E-state index in [-0.39, 0.29) is 0 Å². The van der Waals surface area contributed by atoms with Gasteiger partial charge in [-0.05, 0) is 0 Å². The van der Waals surface area contributed by atoms with Crippen LogP contribution in [-0.4, -0.2) is 5.43 Å². The summed E-state index contributed by atoms with van der Waals surface area (Å²) in [7, 11) is 0. The van der Waals surface area contributed by atoms with Gasteiger partial charge in [-0.2, -0.15) is 0 Å². The van der Waals surface area contributed by atoms with Gasteiger partial charge in [0.1, 0.15) is 0 Å². The Balaban J connectivity index is 1.15. The molecular weight excluding hydrogens is 824 g/mol. The summed E-state index contributed by atoms with van der Waals surface area (Å²) in [5, 5.41) is 0. The fourth-order valence-electron chi connectivity index (χ4n) is 9.82. The van der Waals surface area contributed by atoms with Crippen molar-refractivity contribution < 1.29 is 29.2 Å². The van der Waals surface area contributed by atoms with Crippen LogP contribution in [0.1, 0.15) is 63.7 Å². The SMILES string of the molecule is Cc1ccc(C2=Cc3c(ccc(C)c3-c3ccc(-c4ccccc4)cc3)[CH]2[Zr]([CH]2C(c3ccc(C)o3)=Cc3c2ccc(C)c3-c2ccc(-c3ccccc3)cc2)=[Si](C)C)o1. The van der Waals surface area contributed by atoms with Gasteiger partial charge in [0, 0.05) is 0 Å². The number of benzene rings is 6. The van der Waals surface area contributed by atoms with E-state index < -0.39 is 25.8 Å². The van der Waals surface area contributed by atoms with E-state index in [1.807, 2.05) is 0 Å². The van der Waals surface area contributed by atoms with Crippen molar-refractivity contribution in [2.45, 2.75) is 48.0 Å². The molecule has 2 atom stereocenters. The maximum absolute atomic E-state index is 6.62. The van der Waals surface area contributed by atoms with E-state index in [1.54, 1.807) is 0 Å². The van der Waals surface area contributed by atoms with Crippen LogP contribution in [0.4, 0.5) is 0 Å². The number of aryl methyl sites for hydroxylation is 4. The van der Waals surface area contributed by atoms with Crippen molar-refractivity contribution in [2.75, 3.05) is 0 Å². The third-order valence-electron chi connectivity index (χ3n) is 12.6. The van der Waals surface area contributed by atoms with Gasteiger partial charge in [-0.15, -0.1) is 0 Å². The van der Waals surface area contributed by atoms with Crippen molar-refractivity contribution >= 4 is 28.7 Å². The molecule has 0 fully saturated rings. The zero-order valence-electron chi connectivity index (χ0n) is 35.1. The molecule has 8 aromatic rings. The number of allylic oxidation sites excluding steroid dienone is 2. The van der Waals surface area contributed by atoms with E-state index in [0.29, 0.717) is 7.25 Å². The number of furan rings is 2. The monoisotopic (exact) mass is 870 g/mol. The first-order valence-corrected chi connectivity index (χ1v) is 30.1. The summed E-state index contributed by atoms with van der Waals surface area (Å²) < 4.78 is 13.9. The summed E-state index contributed by atoms with van der Waals surface area (Å²) in [4.78, 5) is 0. The molecule has 0 amide bonds. The molecule has 0 bridgehead atoms. The fourth-order valence-corrected chi connectivity index (χ4v) is 29.6. The number of rotatable bonds is 8. The zero-order valence-corrected chi connectivity index (χ0v) is 38.6. The molecular formula is C56H48O2SiZr. The Kier molecular flexibility index (Phi) is 10.2. The quantitative estimate of drug-likeness (QED) is 0.142. The Morgan fingerprint density at radius 2 is 0.767 bits per heavy atom. The van der Waals surface area contributed by atoms with Gasteiger partial charge in [0.25, 0.3) is 0 Å². The minimum atomic E-state index is -2.72. The van der Waals surface area contributed by atoms with Gasteiger partial charge < -0.3 is 0 Å². The first-order valence-electron chi connectivity index (χ1n) is 21.1. The summed E-state index contributed by atoms with van der Waals surface area (Å²) in [6, 6.07) is 58.2. The first-order chi connectivity index (χ1) is 29.2. The van der Waals surface area contributed by atoms with Crippen LogP contribution >= 0.6 is 0 Å². The average Bonchev–Trinajstić information content (AvgIpc) is 4.07. The van der Waals surface area contributed by atoms with Crippen molar-refractivity contribution in [1.29, 1.82) is 0 Å². The zero-order chi connectivity index (χ0) is 41.1. The number of hydrogen-bond donors (Lipinski definition) is 0. The van der Waals surface area contributed by atoms with Gasteiger partial charge in [0.05, 0.1) is 0 Å². The Morgan fingerprint density at radius 3 is 1.12 bits per heavy atom. The van der Waals surface area contributed by atoms with Crippen LogP contribution in [0, 0.1) is 27.7 Å². The van der Waals surface area contributed by atoms with E-state index in [0.717, 1.165) is 23.0 Å². The van der Waals surface area contributed by atoms with Gasteiger partial charge in [-0.1, -0.05) is 0 Å². The molecule has 2 aliphatic carbocycles. The number of hydrogen-bond acceptors (Lipinski definition) is 2.